The third-order valence-corrected chi connectivity index (χ3v) is 3.17. The minimum atomic E-state index is 0.0248. The summed E-state index contributed by atoms with van der Waals surface area (Å²) in [6.07, 6.45) is 15.1. The third-order valence-electron chi connectivity index (χ3n) is 3.17. The van der Waals surface area contributed by atoms with Gasteiger partial charge in [0.05, 0.1) is 6.42 Å². The molecule has 0 aromatic heterocycles. The molecule has 1 aliphatic carbocycles. The zero-order valence-electron chi connectivity index (χ0n) is 9.87. The van der Waals surface area contributed by atoms with Crippen LogP contribution < -0.4 is 5.73 Å². The number of guanidine groups is 1. The highest BCUT2D eigenvalue weighted by molar-refractivity contribution is 6.08. The maximum absolute atomic E-state index is 8.25. The summed E-state index contributed by atoms with van der Waals surface area (Å²) >= 11 is 0. The summed E-state index contributed by atoms with van der Waals surface area (Å²) < 4.78 is 0.0248. The predicted octanol–water partition coefficient (Wildman–Crippen LogP) is 1.78. The second kappa shape index (κ2) is 3.89. The van der Waals surface area contributed by atoms with Gasteiger partial charge in [-0.2, -0.15) is 4.99 Å². The van der Waals surface area contributed by atoms with Crippen LogP contribution in [0.2, 0.25) is 0 Å². The van der Waals surface area contributed by atoms with Gasteiger partial charge in [-0.1, -0.05) is 35.0 Å². The van der Waals surface area contributed by atoms with Crippen molar-refractivity contribution in [2.75, 3.05) is 0 Å². The molecule has 2 aliphatic heterocycles. The van der Waals surface area contributed by atoms with Crippen LogP contribution in [0.25, 0.3) is 0 Å². The van der Waals surface area contributed by atoms with E-state index in [1.165, 1.54) is 0 Å². The van der Waals surface area contributed by atoms with Crippen molar-refractivity contribution in [3.05, 3.63) is 48.2 Å². The van der Waals surface area contributed by atoms with Crippen LogP contribution in [-0.2, 0) is 0 Å². The number of nitrogens with two attached hydrogens (primary N) is 1. The van der Waals surface area contributed by atoms with Crippen molar-refractivity contribution < 1.29 is 4.59 Å². The second-order valence-corrected chi connectivity index (χ2v) is 4.29. The van der Waals surface area contributed by atoms with E-state index in [0.717, 1.165) is 12.1 Å². The Bertz CT molecular complexity index is 589. The van der Waals surface area contributed by atoms with Gasteiger partial charge in [-0.25, -0.2) is 0 Å². The van der Waals surface area contributed by atoms with E-state index in [-0.39, 0.29) is 10.6 Å². The SMILES string of the molecule is N=C1CC=CC2=NC(N)=N[N+]12C1=CC=CC=CC1. The maximum Gasteiger partial charge on any atom is 0.280 e. The van der Waals surface area contributed by atoms with Gasteiger partial charge < -0.3 is 5.73 Å². The van der Waals surface area contributed by atoms with Crippen LogP contribution in [0, 0.1) is 5.41 Å². The smallest absolute Gasteiger partial charge is 0.280 e. The van der Waals surface area contributed by atoms with Crippen molar-refractivity contribution in [2.24, 2.45) is 15.8 Å². The average molecular weight is 240 g/mol. The molecular weight excluding hydrogens is 226 g/mol. The number of hydrogen-bond donors (Lipinski definition) is 2. The Morgan fingerprint density at radius 3 is 2.94 bits per heavy atom. The molecule has 3 aliphatic rings. The fourth-order valence-electron chi connectivity index (χ4n) is 2.36. The minimum Gasteiger partial charge on any atom is -0.363 e. The largest absolute Gasteiger partial charge is 0.363 e. The fourth-order valence-corrected chi connectivity index (χ4v) is 2.36. The Morgan fingerprint density at radius 1 is 1.17 bits per heavy atom. The van der Waals surface area contributed by atoms with Crippen LogP contribution in [0.3, 0.4) is 0 Å². The number of hydrogen-bond acceptors (Lipinski definition) is 4. The Labute approximate surface area is 105 Å². The number of allylic oxidation sites excluding steroid dienone is 5. The van der Waals surface area contributed by atoms with Gasteiger partial charge in [0.15, 0.2) is 5.70 Å². The molecule has 0 spiro atoms. The van der Waals surface area contributed by atoms with Gasteiger partial charge in [-0.3, -0.25) is 5.41 Å². The van der Waals surface area contributed by atoms with E-state index in [0.29, 0.717) is 18.1 Å². The molecular formula is C13H14N5+. The molecule has 0 radical (unpaired) electrons. The van der Waals surface area contributed by atoms with Crippen LogP contribution in [0.1, 0.15) is 12.8 Å². The van der Waals surface area contributed by atoms with Gasteiger partial charge in [0.25, 0.3) is 11.8 Å². The average Bonchev–Trinajstić information content (AvgIpc) is 2.54. The summed E-state index contributed by atoms with van der Waals surface area (Å²) in [5.74, 6) is 1.42. The van der Waals surface area contributed by atoms with Gasteiger partial charge in [-0.05, 0) is 11.2 Å². The topological polar surface area (TPSA) is 74.6 Å². The van der Waals surface area contributed by atoms with Gasteiger partial charge in [0, 0.05) is 12.5 Å². The molecule has 0 amide bonds. The van der Waals surface area contributed by atoms with Crippen molar-refractivity contribution >= 4 is 17.6 Å². The number of quaternary nitrogens is 1. The lowest BCUT2D eigenvalue weighted by Gasteiger charge is -2.30. The Morgan fingerprint density at radius 2 is 2.06 bits per heavy atom. The number of nitrogens with zero attached hydrogens (tertiary/aromatic N) is 3. The van der Waals surface area contributed by atoms with E-state index in [1.807, 2.05) is 36.5 Å². The molecule has 1 atom stereocenters. The first-order valence-electron chi connectivity index (χ1n) is 5.85. The minimum absolute atomic E-state index is 0.0248. The van der Waals surface area contributed by atoms with E-state index in [9.17, 15) is 0 Å². The molecule has 0 saturated heterocycles. The van der Waals surface area contributed by atoms with Gasteiger partial charge in [0.2, 0.25) is 5.84 Å². The number of nitrogens with one attached hydrogen (secondary N) is 1. The summed E-state index contributed by atoms with van der Waals surface area (Å²) in [5, 5.41) is 12.7. The highest BCUT2D eigenvalue weighted by Gasteiger charge is 2.48. The number of fused-ring (bicyclic) bond motifs is 1. The lowest BCUT2D eigenvalue weighted by atomic mass is 10.1. The molecule has 1 unspecified atom stereocenters. The Kier molecular flexibility index (Phi) is 2.34. The van der Waals surface area contributed by atoms with Crippen LogP contribution in [0.5, 0.6) is 0 Å². The molecule has 2 heterocycles. The zero-order valence-corrected chi connectivity index (χ0v) is 9.87. The first-order chi connectivity index (χ1) is 8.73. The highest BCUT2D eigenvalue weighted by Crippen LogP contribution is 2.33. The zero-order chi connectivity index (χ0) is 12.6. The molecule has 5 nitrogen and oxygen atoms in total. The molecule has 5 heteroatoms. The second-order valence-electron chi connectivity index (χ2n) is 4.29. The lowest BCUT2D eigenvalue weighted by molar-refractivity contribution is -0.712. The molecule has 0 aromatic carbocycles. The summed E-state index contributed by atoms with van der Waals surface area (Å²) in [7, 11) is 0. The summed E-state index contributed by atoms with van der Waals surface area (Å²) in [4.78, 5) is 4.24. The quantitative estimate of drug-likeness (QED) is 0.673. The van der Waals surface area contributed by atoms with Crippen molar-refractivity contribution in [1.82, 2.24) is 0 Å². The van der Waals surface area contributed by atoms with Crippen LogP contribution in [0.4, 0.5) is 0 Å². The standard InChI is InChI=1S/C13H14N5/c14-11-8-5-9-12-16-13(15)17-18(11,12)10-6-3-1-2-4-7-10/h1-6,9,14H,7-8H2,(H2,15,17)/q+1. The van der Waals surface area contributed by atoms with Crippen LogP contribution >= 0.6 is 0 Å². The number of amidine groups is 2. The van der Waals surface area contributed by atoms with Crippen molar-refractivity contribution in [3.8, 4) is 0 Å². The summed E-state index contributed by atoms with van der Waals surface area (Å²) in [5.41, 5.74) is 6.73. The molecule has 90 valence electrons. The molecule has 18 heavy (non-hydrogen) atoms. The molecule has 3 N–H and O–H groups in total. The van der Waals surface area contributed by atoms with Gasteiger partial charge >= 0.3 is 0 Å². The van der Waals surface area contributed by atoms with E-state index in [4.69, 9.17) is 11.1 Å². The van der Waals surface area contributed by atoms with E-state index in [1.54, 1.807) is 0 Å². The highest BCUT2D eigenvalue weighted by atomic mass is 15.7. The van der Waals surface area contributed by atoms with E-state index >= 15 is 0 Å². The molecule has 0 bridgehead atoms. The fraction of sp³-hybridized carbons (Fsp3) is 0.154. The van der Waals surface area contributed by atoms with Crippen LogP contribution in [-0.4, -0.2) is 22.2 Å². The summed E-state index contributed by atoms with van der Waals surface area (Å²) in [6.45, 7) is 0. The van der Waals surface area contributed by atoms with E-state index < -0.39 is 0 Å². The summed E-state index contributed by atoms with van der Waals surface area (Å²) in [6, 6.07) is 0. The van der Waals surface area contributed by atoms with Gasteiger partial charge in [-0.15, -0.1) is 0 Å². The van der Waals surface area contributed by atoms with Crippen molar-refractivity contribution in [3.63, 3.8) is 0 Å². The Balaban J connectivity index is 2.17. The first-order valence-corrected chi connectivity index (χ1v) is 5.85. The number of rotatable bonds is 1. The lowest BCUT2D eigenvalue weighted by Crippen LogP contribution is -2.50. The molecule has 0 saturated carbocycles. The third kappa shape index (κ3) is 1.41. The van der Waals surface area contributed by atoms with Crippen LogP contribution in [0.15, 0.2) is 58.3 Å². The van der Waals surface area contributed by atoms with E-state index in [2.05, 4.69) is 16.2 Å². The molecule has 0 aromatic rings. The normalized spacial score (nSPS) is 29.6. The van der Waals surface area contributed by atoms with Crippen molar-refractivity contribution in [2.45, 2.75) is 12.8 Å². The maximum atomic E-state index is 8.25. The first kappa shape index (κ1) is 10.9. The van der Waals surface area contributed by atoms with Crippen molar-refractivity contribution in [1.29, 1.82) is 5.41 Å². The monoisotopic (exact) mass is 240 g/mol. The molecule has 3 rings (SSSR count). The predicted molar refractivity (Wildman–Crippen MR) is 71.8 cm³/mol. The molecule has 0 fully saturated rings. The Hall–Kier alpha value is -2.27. The van der Waals surface area contributed by atoms with Gasteiger partial charge in [0.1, 0.15) is 0 Å². The number of aliphatic imine (C=N–C) groups is 1.